The lowest BCUT2D eigenvalue weighted by atomic mass is 9.70. The lowest BCUT2D eigenvalue weighted by Gasteiger charge is -2.36. The van der Waals surface area contributed by atoms with E-state index in [1.54, 1.807) is 30.3 Å². The summed E-state index contributed by atoms with van der Waals surface area (Å²) in [7, 11) is 0. The first kappa shape index (κ1) is 24.6. The predicted molar refractivity (Wildman–Crippen MR) is 149 cm³/mol. The minimum Gasteiger partial charge on any atom is -0.457 e. The number of rotatable bonds is 5. The van der Waals surface area contributed by atoms with Crippen molar-refractivity contribution in [3.05, 3.63) is 88.3 Å². The number of thiophene rings is 1. The molecule has 8 N–H and O–H groups in total. The molecule has 1 aromatic heterocycles. The highest BCUT2D eigenvalue weighted by Gasteiger charge is 2.49. The Hall–Kier alpha value is -3.76. The molecule has 3 unspecified atom stereocenters. The van der Waals surface area contributed by atoms with E-state index in [1.807, 2.05) is 36.4 Å². The molecule has 0 saturated carbocycles. The predicted octanol–water partition coefficient (Wildman–Crippen LogP) is 3.54. The first-order valence-electron chi connectivity index (χ1n) is 12.7. The molecular formula is C29H29N5O3S. The molecule has 8 nitrogen and oxygen atoms in total. The average molecular weight is 528 g/mol. The third-order valence-corrected chi connectivity index (χ3v) is 8.67. The first-order valence-corrected chi connectivity index (χ1v) is 13.5. The molecule has 2 aliphatic rings. The zero-order valence-electron chi connectivity index (χ0n) is 20.7. The second-order valence-electron chi connectivity index (χ2n) is 9.86. The van der Waals surface area contributed by atoms with Crippen LogP contribution in [0.1, 0.15) is 45.2 Å². The van der Waals surface area contributed by atoms with E-state index in [-0.39, 0.29) is 17.7 Å². The lowest BCUT2D eigenvalue weighted by Crippen LogP contribution is -2.52. The fourth-order valence-corrected chi connectivity index (χ4v) is 6.71. The molecule has 1 amide bonds. The number of nitrogens with two attached hydrogens (primary N) is 3. The fraction of sp³-hybridized carbons (Fsp3) is 0.241. The van der Waals surface area contributed by atoms with Crippen LogP contribution in [-0.2, 0) is 10.3 Å². The Morgan fingerprint density at radius 1 is 1.08 bits per heavy atom. The van der Waals surface area contributed by atoms with Gasteiger partial charge in [-0.15, -0.1) is 11.3 Å². The van der Waals surface area contributed by atoms with Gasteiger partial charge in [-0.1, -0.05) is 36.4 Å². The van der Waals surface area contributed by atoms with Gasteiger partial charge in [-0.3, -0.25) is 9.59 Å². The number of nitrogens with one attached hydrogen (secondary N) is 2. The number of carbonyl (C=O) groups is 2. The number of hydrogen-bond acceptors (Lipinski definition) is 8. The Labute approximate surface area is 224 Å². The molecule has 0 spiro atoms. The SMILES string of the molecule is Nc1ccc2c3c(c(C(=O)NC4CCCNC4)sc13)C(N)C(=O)C2(N)c1cccc(Oc2ccccc2)c1. The minimum atomic E-state index is -1.55. The summed E-state index contributed by atoms with van der Waals surface area (Å²) >= 11 is 1.26. The smallest absolute Gasteiger partial charge is 0.262 e. The van der Waals surface area contributed by atoms with Crippen LogP contribution >= 0.6 is 11.3 Å². The molecule has 1 fully saturated rings. The van der Waals surface area contributed by atoms with Crippen molar-refractivity contribution in [2.75, 3.05) is 18.8 Å². The second-order valence-corrected chi connectivity index (χ2v) is 10.9. The van der Waals surface area contributed by atoms with E-state index in [2.05, 4.69) is 10.6 Å². The number of Topliss-reactive ketones (excluding diaryl/α,β-unsaturated/α-hetero) is 1. The van der Waals surface area contributed by atoms with Crippen molar-refractivity contribution in [2.45, 2.75) is 30.5 Å². The van der Waals surface area contributed by atoms with Gasteiger partial charge in [-0.05, 0) is 60.8 Å². The Kier molecular flexibility index (Phi) is 6.16. The van der Waals surface area contributed by atoms with Crippen LogP contribution in [0.15, 0.2) is 66.7 Å². The second kappa shape index (κ2) is 9.52. The van der Waals surface area contributed by atoms with Crippen molar-refractivity contribution in [2.24, 2.45) is 11.5 Å². The van der Waals surface area contributed by atoms with Crippen molar-refractivity contribution < 1.29 is 14.3 Å². The molecule has 3 atom stereocenters. The minimum absolute atomic E-state index is 0.0157. The molecule has 2 heterocycles. The van der Waals surface area contributed by atoms with Crippen LogP contribution in [0.25, 0.3) is 10.1 Å². The third-order valence-electron chi connectivity index (χ3n) is 7.42. The molecule has 4 aromatic rings. The molecule has 38 heavy (non-hydrogen) atoms. The monoisotopic (exact) mass is 527 g/mol. The number of carbonyl (C=O) groups excluding carboxylic acids is 2. The third kappa shape index (κ3) is 3.95. The Morgan fingerprint density at radius 3 is 2.63 bits per heavy atom. The maximum Gasteiger partial charge on any atom is 0.262 e. The van der Waals surface area contributed by atoms with Crippen LogP contribution in [0.5, 0.6) is 11.5 Å². The van der Waals surface area contributed by atoms with Crippen molar-refractivity contribution in [1.82, 2.24) is 10.6 Å². The number of ketones is 1. The highest BCUT2D eigenvalue weighted by molar-refractivity contribution is 7.21. The molecule has 1 saturated heterocycles. The van der Waals surface area contributed by atoms with E-state index in [4.69, 9.17) is 21.9 Å². The van der Waals surface area contributed by atoms with Crippen LogP contribution in [0, 0.1) is 0 Å². The summed E-state index contributed by atoms with van der Waals surface area (Å²) in [6.45, 7) is 1.65. The van der Waals surface area contributed by atoms with Crippen LogP contribution in [-0.4, -0.2) is 30.8 Å². The Bertz CT molecular complexity index is 1550. The highest BCUT2D eigenvalue weighted by Crippen LogP contribution is 2.49. The van der Waals surface area contributed by atoms with Gasteiger partial charge >= 0.3 is 0 Å². The number of para-hydroxylation sites is 1. The van der Waals surface area contributed by atoms with E-state index in [1.165, 1.54) is 11.3 Å². The summed E-state index contributed by atoms with van der Waals surface area (Å²) in [6.07, 6.45) is 1.88. The molecular weight excluding hydrogens is 498 g/mol. The van der Waals surface area contributed by atoms with Crippen molar-refractivity contribution in [3.63, 3.8) is 0 Å². The Morgan fingerprint density at radius 2 is 1.87 bits per heavy atom. The summed E-state index contributed by atoms with van der Waals surface area (Å²) in [5.41, 5.74) is 20.6. The molecule has 1 aliphatic heterocycles. The number of nitrogen functional groups attached to an aromatic ring is 1. The number of ether oxygens (including phenoxy) is 1. The zero-order valence-corrected chi connectivity index (χ0v) is 21.5. The van der Waals surface area contributed by atoms with Crippen LogP contribution in [0.2, 0.25) is 0 Å². The highest BCUT2D eigenvalue weighted by atomic mass is 32.1. The number of piperidine rings is 1. The summed E-state index contributed by atoms with van der Waals surface area (Å²) in [4.78, 5) is 27.8. The quantitative estimate of drug-likeness (QED) is 0.250. The van der Waals surface area contributed by atoms with Crippen LogP contribution < -0.4 is 32.6 Å². The fourth-order valence-electron chi connectivity index (χ4n) is 5.50. The van der Waals surface area contributed by atoms with Gasteiger partial charge < -0.3 is 32.6 Å². The van der Waals surface area contributed by atoms with Gasteiger partial charge in [0, 0.05) is 29.2 Å². The molecule has 0 radical (unpaired) electrons. The van der Waals surface area contributed by atoms with Gasteiger partial charge in [-0.25, -0.2) is 0 Å². The van der Waals surface area contributed by atoms with E-state index in [0.717, 1.165) is 19.4 Å². The molecule has 0 bridgehead atoms. The maximum atomic E-state index is 14.0. The Balaban J connectivity index is 1.46. The van der Waals surface area contributed by atoms with Gasteiger partial charge in [0.1, 0.15) is 17.0 Å². The number of anilines is 1. The largest absolute Gasteiger partial charge is 0.457 e. The van der Waals surface area contributed by atoms with Gasteiger partial charge in [0.15, 0.2) is 5.78 Å². The number of hydrogen-bond donors (Lipinski definition) is 5. The summed E-state index contributed by atoms with van der Waals surface area (Å²) in [6, 6.07) is 19.0. The average Bonchev–Trinajstić information content (AvgIpc) is 3.35. The maximum absolute atomic E-state index is 14.0. The van der Waals surface area contributed by atoms with Crippen LogP contribution in [0.3, 0.4) is 0 Å². The van der Waals surface area contributed by atoms with Gasteiger partial charge in [0.05, 0.1) is 15.6 Å². The van der Waals surface area contributed by atoms with Crippen molar-refractivity contribution >= 4 is 38.8 Å². The lowest BCUT2D eigenvalue weighted by molar-refractivity contribution is -0.124. The molecule has 6 rings (SSSR count). The number of amides is 1. The van der Waals surface area contributed by atoms with Gasteiger partial charge in [0.2, 0.25) is 0 Å². The molecule has 3 aromatic carbocycles. The van der Waals surface area contributed by atoms with Gasteiger partial charge in [0.25, 0.3) is 5.91 Å². The number of benzene rings is 3. The van der Waals surface area contributed by atoms with E-state index in [0.29, 0.717) is 55.4 Å². The summed E-state index contributed by atoms with van der Waals surface area (Å²) < 4.78 is 6.72. The van der Waals surface area contributed by atoms with E-state index < -0.39 is 11.6 Å². The topological polar surface area (TPSA) is 145 Å². The van der Waals surface area contributed by atoms with Crippen molar-refractivity contribution in [3.8, 4) is 11.5 Å². The molecule has 9 heteroatoms. The van der Waals surface area contributed by atoms with E-state index >= 15 is 0 Å². The standard InChI is InChI=1S/C29H29N5O3S/c30-21-12-11-20-22-23(26(38-25(21)22)28(36)34-17-7-5-13-33-15-17)24(31)27(35)29(20,32)16-6-4-10-19(14-16)37-18-8-2-1-3-9-18/h1-4,6,8-12,14,17,24,33H,5,7,13,15,30-32H2,(H,34,36). The summed E-state index contributed by atoms with van der Waals surface area (Å²) in [5, 5.41) is 7.10. The zero-order chi connectivity index (χ0) is 26.4. The normalized spacial score (nSPS) is 22.8. The van der Waals surface area contributed by atoms with E-state index in [9.17, 15) is 9.59 Å². The first-order chi connectivity index (χ1) is 18.4. The molecule has 1 aliphatic carbocycles. The van der Waals surface area contributed by atoms with Crippen LogP contribution in [0.4, 0.5) is 5.69 Å². The summed E-state index contributed by atoms with van der Waals surface area (Å²) in [5.74, 6) is 0.580. The van der Waals surface area contributed by atoms with Gasteiger partial charge in [-0.2, -0.15) is 0 Å². The van der Waals surface area contributed by atoms with Crippen molar-refractivity contribution in [1.29, 1.82) is 0 Å². The molecule has 194 valence electrons.